The second kappa shape index (κ2) is 5.18. The Bertz CT molecular complexity index is 485. The molecule has 1 N–H and O–H groups in total. The van der Waals surface area contributed by atoms with Gasteiger partial charge in [0.25, 0.3) is 5.91 Å². The molecule has 18 heavy (non-hydrogen) atoms. The van der Waals surface area contributed by atoms with Crippen LogP contribution in [0.15, 0.2) is 18.2 Å². The predicted molar refractivity (Wildman–Crippen MR) is 68.2 cm³/mol. The Balaban J connectivity index is 2.26. The summed E-state index contributed by atoms with van der Waals surface area (Å²) in [5.41, 5.74) is 1.26. The molecule has 0 radical (unpaired) electrons. The molecule has 0 unspecified atom stereocenters. The van der Waals surface area contributed by atoms with Gasteiger partial charge >= 0.3 is 0 Å². The highest BCUT2D eigenvalue weighted by molar-refractivity contribution is 6.01. The van der Waals surface area contributed by atoms with Crippen molar-refractivity contribution in [3.05, 3.63) is 23.8 Å². The standard InChI is InChI=1S/C13H16N2O3/c1-14-6-5-11(16)9-3-4-12-10(7-9)15(2)13(17)8-18-12/h3-4,7,14H,5-6,8H2,1-2H3. The van der Waals surface area contributed by atoms with Crippen molar-refractivity contribution in [2.24, 2.45) is 0 Å². The minimum absolute atomic E-state index is 0.0521. The second-order valence-corrected chi connectivity index (χ2v) is 4.20. The lowest BCUT2D eigenvalue weighted by atomic mass is 10.1. The molecule has 1 aliphatic heterocycles. The fourth-order valence-electron chi connectivity index (χ4n) is 1.83. The average Bonchev–Trinajstić information content (AvgIpc) is 2.40. The Labute approximate surface area is 106 Å². The Kier molecular flexibility index (Phi) is 3.62. The van der Waals surface area contributed by atoms with Crippen molar-refractivity contribution in [2.75, 3.05) is 32.1 Å². The second-order valence-electron chi connectivity index (χ2n) is 4.20. The summed E-state index contributed by atoms with van der Waals surface area (Å²) in [6, 6.07) is 5.19. The molecule has 0 aliphatic carbocycles. The van der Waals surface area contributed by atoms with Gasteiger partial charge in [0.2, 0.25) is 0 Å². The van der Waals surface area contributed by atoms with Gasteiger partial charge in [-0.3, -0.25) is 9.59 Å². The van der Waals surface area contributed by atoms with Crippen LogP contribution in [0, 0.1) is 0 Å². The first kappa shape index (κ1) is 12.6. The van der Waals surface area contributed by atoms with Crippen molar-refractivity contribution in [1.29, 1.82) is 0 Å². The molecule has 0 aromatic heterocycles. The van der Waals surface area contributed by atoms with Crippen molar-refractivity contribution in [1.82, 2.24) is 5.32 Å². The Hall–Kier alpha value is -1.88. The zero-order chi connectivity index (χ0) is 13.1. The van der Waals surface area contributed by atoms with E-state index in [0.29, 0.717) is 30.0 Å². The molecule has 0 atom stereocenters. The minimum atomic E-state index is -0.109. The first-order valence-corrected chi connectivity index (χ1v) is 5.84. The summed E-state index contributed by atoms with van der Waals surface area (Å²) < 4.78 is 5.31. The first-order valence-electron chi connectivity index (χ1n) is 5.84. The minimum Gasteiger partial charge on any atom is -0.482 e. The number of benzene rings is 1. The van der Waals surface area contributed by atoms with Gasteiger partial charge < -0.3 is 15.0 Å². The number of hydrogen-bond donors (Lipinski definition) is 1. The maximum Gasteiger partial charge on any atom is 0.264 e. The number of likely N-dealkylation sites (N-methyl/N-ethyl adjacent to an activating group) is 1. The first-order chi connectivity index (χ1) is 8.63. The normalized spacial score (nSPS) is 14.1. The van der Waals surface area contributed by atoms with Crippen molar-refractivity contribution in [3.8, 4) is 5.75 Å². The van der Waals surface area contributed by atoms with Gasteiger partial charge in [0, 0.05) is 25.6 Å². The number of nitrogens with zero attached hydrogens (tertiary/aromatic N) is 1. The van der Waals surface area contributed by atoms with Gasteiger partial charge in [-0.05, 0) is 25.2 Å². The van der Waals surface area contributed by atoms with E-state index < -0.39 is 0 Å². The monoisotopic (exact) mass is 248 g/mol. The van der Waals surface area contributed by atoms with Gasteiger partial charge in [-0.1, -0.05) is 0 Å². The number of nitrogens with one attached hydrogen (secondary N) is 1. The van der Waals surface area contributed by atoms with Crippen LogP contribution in [0.5, 0.6) is 5.75 Å². The highest BCUT2D eigenvalue weighted by atomic mass is 16.5. The van der Waals surface area contributed by atoms with Crippen molar-refractivity contribution in [2.45, 2.75) is 6.42 Å². The van der Waals surface area contributed by atoms with Crippen LogP contribution < -0.4 is 15.0 Å². The fourth-order valence-corrected chi connectivity index (χ4v) is 1.83. The predicted octanol–water partition coefficient (Wildman–Crippen LogP) is 0.834. The lowest BCUT2D eigenvalue weighted by Crippen LogP contribution is -2.35. The molecule has 2 rings (SSSR count). The number of hydrogen-bond acceptors (Lipinski definition) is 4. The van der Waals surface area contributed by atoms with Crippen molar-refractivity contribution >= 4 is 17.4 Å². The third-order valence-electron chi connectivity index (χ3n) is 2.97. The van der Waals surface area contributed by atoms with Gasteiger partial charge in [-0.15, -0.1) is 0 Å². The molecule has 0 bridgehead atoms. The smallest absolute Gasteiger partial charge is 0.264 e. The molecule has 1 aromatic carbocycles. The van der Waals surface area contributed by atoms with E-state index >= 15 is 0 Å². The molecule has 1 amide bonds. The maximum absolute atomic E-state index is 11.9. The Morgan fingerprint density at radius 1 is 1.50 bits per heavy atom. The summed E-state index contributed by atoms with van der Waals surface area (Å²) in [4.78, 5) is 24.9. The number of Topliss-reactive ketones (excluding diaryl/α,β-unsaturated/α-hetero) is 1. The van der Waals surface area contributed by atoms with E-state index in [2.05, 4.69) is 5.32 Å². The van der Waals surface area contributed by atoms with Crippen LogP contribution in [0.25, 0.3) is 0 Å². The van der Waals surface area contributed by atoms with Gasteiger partial charge in [0.1, 0.15) is 5.75 Å². The number of carbonyl (C=O) groups is 2. The van der Waals surface area contributed by atoms with E-state index in [4.69, 9.17) is 4.74 Å². The van der Waals surface area contributed by atoms with Crippen LogP contribution in [0.3, 0.4) is 0 Å². The number of rotatable bonds is 4. The van der Waals surface area contributed by atoms with E-state index in [1.807, 2.05) is 0 Å². The number of fused-ring (bicyclic) bond motifs is 1. The summed E-state index contributed by atoms with van der Waals surface area (Å²) >= 11 is 0. The van der Waals surface area contributed by atoms with Crippen LogP contribution in [0.4, 0.5) is 5.69 Å². The molecule has 5 heteroatoms. The summed E-state index contributed by atoms with van der Waals surface area (Å²) in [5, 5.41) is 2.94. The van der Waals surface area contributed by atoms with Crippen LogP contribution >= 0.6 is 0 Å². The molecule has 1 heterocycles. The summed E-state index contributed by atoms with van der Waals surface area (Å²) in [6.07, 6.45) is 0.438. The highest BCUT2D eigenvalue weighted by Crippen LogP contribution is 2.32. The molecule has 96 valence electrons. The molecular formula is C13H16N2O3. The van der Waals surface area contributed by atoms with Gasteiger partial charge in [-0.25, -0.2) is 0 Å². The number of ether oxygens (including phenoxy) is 1. The molecule has 1 aliphatic rings. The van der Waals surface area contributed by atoms with Crippen LogP contribution in [0.1, 0.15) is 16.8 Å². The average molecular weight is 248 g/mol. The maximum atomic E-state index is 11.9. The van der Waals surface area contributed by atoms with E-state index in [0.717, 1.165) is 0 Å². The third kappa shape index (κ3) is 2.36. The van der Waals surface area contributed by atoms with Gasteiger partial charge in [-0.2, -0.15) is 0 Å². The number of ketones is 1. The van der Waals surface area contributed by atoms with Crippen molar-refractivity contribution < 1.29 is 14.3 Å². The quantitative estimate of drug-likeness (QED) is 0.802. The van der Waals surface area contributed by atoms with E-state index in [9.17, 15) is 9.59 Å². The number of anilines is 1. The van der Waals surface area contributed by atoms with Gasteiger partial charge in [0.15, 0.2) is 12.4 Å². The van der Waals surface area contributed by atoms with E-state index in [-0.39, 0.29) is 18.3 Å². The SMILES string of the molecule is CNCCC(=O)c1ccc2c(c1)N(C)C(=O)CO2. The Morgan fingerprint density at radius 2 is 2.28 bits per heavy atom. The summed E-state index contributed by atoms with van der Waals surface area (Å²) in [6.45, 7) is 0.692. The van der Waals surface area contributed by atoms with Crippen LogP contribution in [-0.4, -0.2) is 38.9 Å². The number of amides is 1. The molecular weight excluding hydrogens is 232 g/mol. The molecule has 5 nitrogen and oxygen atoms in total. The fraction of sp³-hybridized carbons (Fsp3) is 0.385. The van der Waals surface area contributed by atoms with E-state index in [1.165, 1.54) is 4.90 Å². The largest absolute Gasteiger partial charge is 0.482 e. The molecule has 0 saturated carbocycles. The summed E-state index contributed by atoms with van der Waals surface area (Å²) in [7, 11) is 3.49. The van der Waals surface area contributed by atoms with Crippen molar-refractivity contribution in [3.63, 3.8) is 0 Å². The molecule has 0 fully saturated rings. The van der Waals surface area contributed by atoms with Crippen LogP contribution in [0.2, 0.25) is 0 Å². The topological polar surface area (TPSA) is 58.6 Å². The zero-order valence-electron chi connectivity index (χ0n) is 10.5. The molecule has 0 saturated heterocycles. The van der Waals surface area contributed by atoms with Crippen LogP contribution in [-0.2, 0) is 4.79 Å². The summed E-state index contributed by atoms with van der Waals surface area (Å²) in [5.74, 6) is 0.586. The lowest BCUT2D eigenvalue weighted by Gasteiger charge is -2.26. The third-order valence-corrected chi connectivity index (χ3v) is 2.97. The lowest BCUT2D eigenvalue weighted by molar-refractivity contribution is -0.120. The van der Waals surface area contributed by atoms with Gasteiger partial charge in [0.05, 0.1) is 5.69 Å². The molecule has 0 spiro atoms. The molecule has 1 aromatic rings. The zero-order valence-corrected chi connectivity index (χ0v) is 10.5. The number of carbonyl (C=O) groups excluding carboxylic acids is 2. The Morgan fingerprint density at radius 3 is 3.00 bits per heavy atom. The highest BCUT2D eigenvalue weighted by Gasteiger charge is 2.23. The van der Waals surface area contributed by atoms with E-state index in [1.54, 1.807) is 32.3 Å².